The van der Waals surface area contributed by atoms with Crippen LogP contribution in [0.2, 0.25) is 0 Å². The van der Waals surface area contributed by atoms with Gasteiger partial charge in [-0.2, -0.15) is 0 Å². The third-order valence-corrected chi connectivity index (χ3v) is 5.55. The Morgan fingerprint density at radius 2 is 1.30 bits per heavy atom. The van der Waals surface area contributed by atoms with Crippen LogP contribution in [0, 0.1) is 0 Å². The van der Waals surface area contributed by atoms with Crippen molar-refractivity contribution in [2.45, 2.75) is 6.54 Å². The summed E-state index contributed by atoms with van der Waals surface area (Å²) in [5.74, 6) is 0. The van der Waals surface area contributed by atoms with Crippen molar-refractivity contribution in [2.24, 2.45) is 0 Å². The lowest BCUT2D eigenvalue weighted by Gasteiger charge is -2.23. The first-order valence-corrected chi connectivity index (χ1v) is 11.0. The summed E-state index contributed by atoms with van der Waals surface area (Å²) < 4.78 is 17.2. The Hall–Kier alpha value is -2.02. The SMILES string of the molecule is c1ccc2cc3c(CN4CCOCCNCCOCCOCC4)cccc3cc2c1. The Morgan fingerprint density at radius 1 is 0.667 bits per heavy atom. The molecule has 0 radical (unpaired) electrons. The molecule has 0 aliphatic carbocycles. The molecule has 0 spiro atoms. The third kappa shape index (κ3) is 6.00. The molecule has 1 fully saturated rings. The normalized spacial score (nSPS) is 18.8. The van der Waals surface area contributed by atoms with Crippen molar-refractivity contribution in [1.82, 2.24) is 10.2 Å². The number of fused-ring (bicyclic) bond motifs is 2. The van der Waals surface area contributed by atoms with Gasteiger partial charge in [-0.3, -0.25) is 4.90 Å². The van der Waals surface area contributed by atoms with Crippen LogP contribution < -0.4 is 5.32 Å². The molecule has 5 heteroatoms. The molecule has 1 N–H and O–H groups in total. The highest BCUT2D eigenvalue weighted by atomic mass is 16.5. The average molecular weight is 409 g/mol. The summed E-state index contributed by atoms with van der Waals surface area (Å²) in [4.78, 5) is 2.43. The summed E-state index contributed by atoms with van der Waals surface area (Å²) in [7, 11) is 0. The topological polar surface area (TPSA) is 43.0 Å². The van der Waals surface area contributed by atoms with Gasteiger partial charge in [0.1, 0.15) is 0 Å². The van der Waals surface area contributed by atoms with Crippen molar-refractivity contribution in [3.8, 4) is 0 Å². The minimum atomic E-state index is 0.643. The molecule has 0 amide bonds. The van der Waals surface area contributed by atoms with Crippen LogP contribution in [0.1, 0.15) is 5.56 Å². The van der Waals surface area contributed by atoms with Gasteiger partial charge in [0.05, 0.1) is 39.6 Å². The van der Waals surface area contributed by atoms with Crippen LogP contribution in [0.4, 0.5) is 0 Å². The van der Waals surface area contributed by atoms with E-state index in [2.05, 4.69) is 64.8 Å². The molecule has 1 aliphatic rings. The quantitative estimate of drug-likeness (QED) is 0.658. The van der Waals surface area contributed by atoms with Crippen LogP contribution in [-0.4, -0.2) is 70.7 Å². The number of benzene rings is 3. The fourth-order valence-corrected chi connectivity index (χ4v) is 3.91. The van der Waals surface area contributed by atoms with Gasteiger partial charge >= 0.3 is 0 Å². The lowest BCUT2D eigenvalue weighted by atomic mass is 9.99. The van der Waals surface area contributed by atoms with E-state index in [0.717, 1.165) is 45.9 Å². The van der Waals surface area contributed by atoms with Crippen LogP contribution in [0.5, 0.6) is 0 Å². The molecule has 1 heterocycles. The van der Waals surface area contributed by atoms with Gasteiger partial charge in [-0.15, -0.1) is 0 Å². The molecule has 5 nitrogen and oxygen atoms in total. The number of nitrogens with one attached hydrogen (secondary N) is 1. The van der Waals surface area contributed by atoms with Gasteiger partial charge < -0.3 is 19.5 Å². The molecule has 0 bridgehead atoms. The molecule has 0 unspecified atom stereocenters. The van der Waals surface area contributed by atoms with Crippen LogP contribution in [0.15, 0.2) is 54.6 Å². The number of hydrogen-bond acceptors (Lipinski definition) is 5. The first-order chi connectivity index (χ1) is 14.9. The van der Waals surface area contributed by atoms with Gasteiger partial charge in [-0.05, 0) is 39.2 Å². The van der Waals surface area contributed by atoms with E-state index in [-0.39, 0.29) is 0 Å². The van der Waals surface area contributed by atoms with Gasteiger partial charge in [-0.1, -0.05) is 42.5 Å². The van der Waals surface area contributed by atoms with E-state index in [9.17, 15) is 0 Å². The number of hydrogen-bond donors (Lipinski definition) is 1. The maximum atomic E-state index is 5.84. The summed E-state index contributed by atoms with van der Waals surface area (Å²) in [6.07, 6.45) is 0. The Labute approximate surface area is 178 Å². The van der Waals surface area contributed by atoms with Crippen molar-refractivity contribution in [3.63, 3.8) is 0 Å². The minimum Gasteiger partial charge on any atom is -0.379 e. The maximum Gasteiger partial charge on any atom is 0.0701 e. The molecule has 160 valence electrons. The van der Waals surface area contributed by atoms with E-state index in [1.807, 2.05) is 0 Å². The first-order valence-electron chi connectivity index (χ1n) is 11.0. The van der Waals surface area contributed by atoms with Crippen molar-refractivity contribution >= 4 is 21.5 Å². The van der Waals surface area contributed by atoms with Gasteiger partial charge in [0.15, 0.2) is 0 Å². The minimum absolute atomic E-state index is 0.643. The van der Waals surface area contributed by atoms with Crippen LogP contribution in [-0.2, 0) is 20.8 Å². The van der Waals surface area contributed by atoms with E-state index in [4.69, 9.17) is 14.2 Å². The summed E-state index contributed by atoms with van der Waals surface area (Å²) in [5.41, 5.74) is 1.35. The lowest BCUT2D eigenvalue weighted by Crippen LogP contribution is -2.31. The predicted octanol–water partition coefficient (Wildman–Crippen LogP) is 3.45. The average Bonchev–Trinajstić information content (AvgIpc) is 2.78. The fourth-order valence-electron chi connectivity index (χ4n) is 3.91. The predicted molar refractivity (Wildman–Crippen MR) is 122 cm³/mol. The highest BCUT2D eigenvalue weighted by molar-refractivity contribution is 5.99. The van der Waals surface area contributed by atoms with Crippen molar-refractivity contribution < 1.29 is 14.2 Å². The zero-order valence-corrected chi connectivity index (χ0v) is 17.6. The lowest BCUT2D eigenvalue weighted by molar-refractivity contribution is 0.0366. The van der Waals surface area contributed by atoms with E-state index < -0.39 is 0 Å². The van der Waals surface area contributed by atoms with E-state index in [1.54, 1.807) is 0 Å². The molecule has 3 aromatic carbocycles. The second kappa shape index (κ2) is 11.4. The Bertz CT molecular complexity index is 915. The molecule has 3 aromatic rings. The van der Waals surface area contributed by atoms with Crippen molar-refractivity contribution in [3.05, 3.63) is 60.2 Å². The van der Waals surface area contributed by atoms with E-state index >= 15 is 0 Å². The molecule has 0 aromatic heterocycles. The Kier molecular flexibility index (Phi) is 8.06. The smallest absolute Gasteiger partial charge is 0.0701 e. The monoisotopic (exact) mass is 408 g/mol. The summed E-state index contributed by atoms with van der Waals surface area (Å²) in [6.45, 7) is 8.53. The zero-order valence-electron chi connectivity index (χ0n) is 17.6. The highest BCUT2D eigenvalue weighted by Crippen LogP contribution is 2.26. The zero-order chi connectivity index (χ0) is 20.4. The Balaban J connectivity index is 1.48. The maximum absolute atomic E-state index is 5.84. The van der Waals surface area contributed by atoms with Crippen LogP contribution in [0.25, 0.3) is 21.5 Å². The molecule has 0 saturated carbocycles. The number of nitrogens with zero attached hydrogens (tertiary/aromatic N) is 1. The summed E-state index contributed by atoms with van der Waals surface area (Å²) in [5, 5.41) is 8.53. The van der Waals surface area contributed by atoms with Gasteiger partial charge in [0, 0.05) is 32.7 Å². The third-order valence-electron chi connectivity index (χ3n) is 5.55. The summed E-state index contributed by atoms with van der Waals surface area (Å²) in [6, 6.07) is 19.8. The molecule has 4 rings (SSSR count). The fraction of sp³-hybridized carbons (Fsp3) is 0.440. The number of rotatable bonds is 2. The van der Waals surface area contributed by atoms with Crippen LogP contribution >= 0.6 is 0 Å². The largest absolute Gasteiger partial charge is 0.379 e. The van der Waals surface area contributed by atoms with Crippen molar-refractivity contribution in [1.29, 1.82) is 0 Å². The Morgan fingerprint density at radius 3 is 2.07 bits per heavy atom. The molecule has 1 aliphatic heterocycles. The first kappa shape index (κ1) is 21.2. The summed E-state index contributed by atoms with van der Waals surface area (Å²) >= 11 is 0. The molecule has 1 saturated heterocycles. The second-order valence-corrected chi connectivity index (χ2v) is 7.70. The van der Waals surface area contributed by atoms with Crippen LogP contribution in [0.3, 0.4) is 0 Å². The molecular weight excluding hydrogens is 376 g/mol. The highest BCUT2D eigenvalue weighted by Gasteiger charge is 2.10. The van der Waals surface area contributed by atoms with Crippen molar-refractivity contribution in [2.75, 3.05) is 65.8 Å². The van der Waals surface area contributed by atoms with E-state index in [0.29, 0.717) is 26.4 Å². The molecule has 30 heavy (non-hydrogen) atoms. The standard InChI is InChI=1S/C25H32N2O3/c1-2-5-22-19-25-23(18-21(22)4-1)6-3-7-24(25)20-27-10-14-28-12-8-26-9-13-29-16-17-30-15-11-27/h1-7,18-19,26H,8-17,20H2. The molecular formula is C25H32N2O3. The van der Waals surface area contributed by atoms with Gasteiger partial charge in [0.25, 0.3) is 0 Å². The number of ether oxygens (including phenoxy) is 3. The molecule has 0 atom stereocenters. The van der Waals surface area contributed by atoms with Gasteiger partial charge in [-0.25, -0.2) is 0 Å². The van der Waals surface area contributed by atoms with Gasteiger partial charge in [0.2, 0.25) is 0 Å². The second-order valence-electron chi connectivity index (χ2n) is 7.70. The van der Waals surface area contributed by atoms with E-state index in [1.165, 1.54) is 27.1 Å².